The van der Waals surface area contributed by atoms with E-state index in [1.54, 1.807) is 9.47 Å². The number of hydrogen-bond acceptors (Lipinski definition) is 6. The summed E-state index contributed by atoms with van der Waals surface area (Å²) in [4.78, 5) is 27.3. The Morgan fingerprint density at radius 3 is 2.68 bits per heavy atom. The third-order valence-corrected chi connectivity index (χ3v) is 6.20. The van der Waals surface area contributed by atoms with Gasteiger partial charge in [-0.1, -0.05) is 17.4 Å². The maximum absolute atomic E-state index is 13.9. The molecule has 1 aliphatic rings. The lowest BCUT2D eigenvalue weighted by atomic mass is 10.1. The van der Waals surface area contributed by atoms with E-state index in [9.17, 15) is 23.5 Å². The molecule has 1 atom stereocenters. The van der Waals surface area contributed by atoms with Gasteiger partial charge in [0.05, 0.1) is 5.56 Å². The van der Waals surface area contributed by atoms with Gasteiger partial charge in [0, 0.05) is 37.3 Å². The summed E-state index contributed by atoms with van der Waals surface area (Å²) in [5.41, 5.74) is -0.392. The number of carbonyl (C=O) groups is 1. The van der Waals surface area contributed by atoms with Crippen LogP contribution in [0.15, 0.2) is 29.2 Å². The van der Waals surface area contributed by atoms with Crippen molar-refractivity contribution in [3.05, 3.63) is 62.5 Å². The van der Waals surface area contributed by atoms with Crippen LogP contribution < -0.4 is 5.43 Å². The van der Waals surface area contributed by atoms with E-state index in [4.69, 9.17) is 0 Å². The second kappa shape index (κ2) is 7.84. The lowest BCUT2D eigenvalue weighted by molar-refractivity contribution is 0.0531. The number of nitrogens with zero attached hydrogens (tertiary/aromatic N) is 4. The van der Waals surface area contributed by atoms with Crippen molar-refractivity contribution in [3.8, 4) is 16.3 Å². The number of rotatable bonds is 4. The Kier molecular flexibility index (Phi) is 5.34. The molecule has 0 fully saturated rings. The summed E-state index contributed by atoms with van der Waals surface area (Å²) in [5.74, 6) is -2.39. The molecule has 162 valence electrons. The molecule has 3 aromatic rings. The van der Waals surface area contributed by atoms with E-state index < -0.39 is 28.7 Å². The van der Waals surface area contributed by atoms with E-state index in [0.717, 1.165) is 23.5 Å². The van der Waals surface area contributed by atoms with Gasteiger partial charge in [-0.05, 0) is 32.4 Å². The molecule has 1 amide bonds. The Morgan fingerprint density at radius 1 is 1.26 bits per heavy atom. The summed E-state index contributed by atoms with van der Waals surface area (Å²) in [7, 11) is 0. The molecule has 0 radical (unpaired) electrons. The lowest BCUT2D eigenvalue weighted by Crippen LogP contribution is -2.50. The summed E-state index contributed by atoms with van der Waals surface area (Å²) in [5, 5.41) is 19.2. The normalized spacial score (nSPS) is 16.1. The van der Waals surface area contributed by atoms with Crippen LogP contribution in [0.1, 0.15) is 41.8 Å². The summed E-state index contributed by atoms with van der Waals surface area (Å²) in [6.07, 6.45) is 1.59. The molecule has 10 heteroatoms. The maximum atomic E-state index is 13.9. The highest BCUT2D eigenvalue weighted by atomic mass is 32.1. The highest BCUT2D eigenvalue weighted by molar-refractivity contribution is 7.14. The minimum Gasteiger partial charge on any atom is -0.503 e. The van der Waals surface area contributed by atoms with Crippen molar-refractivity contribution in [3.63, 3.8) is 0 Å². The number of pyridine rings is 1. The fourth-order valence-electron chi connectivity index (χ4n) is 3.87. The van der Waals surface area contributed by atoms with E-state index >= 15 is 0 Å². The summed E-state index contributed by atoms with van der Waals surface area (Å²) in [6, 6.07) is 3.08. The van der Waals surface area contributed by atoms with Crippen LogP contribution in [0, 0.1) is 11.6 Å². The Bertz CT molecular complexity index is 1240. The van der Waals surface area contributed by atoms with E-state index in [1.165, 1.54) is 12.3 Å². The van der Waals surface area contributed by atoms with Gasteiger partial charge in [-0.25, -0.2) is 8.78 Å². The third-order valence-electron chi connectivity index (χ3n) is 5.24. The lowest BCUT2D eigenvalue weighted by Gasteiger charge is -2.38. The number of halogens is 2. The molecular weight excluding hydrogens is 426 g/mol. The van der Waals surface area contributed by atoms with Crippen LogP contribution in [0.2, 0.25) is 0 Å². The minimum absolute atomic E-state index is 0.0429. The second-order valence-electron chi connectivity index (χ2n) is 7.79. The molecule has 0 bridgehead atoms. The number of amides is 1. The van der Waals surface area contributed by atoms with Gasteiger partial charge in [-0.3, -0.25) is 9.59 Å². The standard InChI is InChI=1S/C21H20F2N4O3S/c1-10(2)27-11(3)8-26-9-14(18(28)19(29)17(26)21(27)30)20-25-24-16(31-20)6-12-4-5-13(22)7-15(12)23/h4-5,7,9-11,29H,6,8H2,1-3H3/t11-/m1/s1. The van der Waals surface area contributed by atoms with Crippen LogP contribution in [-0.4, -0.2) is 42.8 Å². The van der Waals surface area contributed by atoms with Gasteiger partial charge in [0.15, 0.2) is 16.5 Å². The van der Waals surface area contributed by atoms with E-state index in [0.29, 0.717) is 11.6 Å². The number of hydrogen-bond donors (Lipinski definition) is 1. The molecule has 0 unspecified atom stereocenters. The fraction of sp³-hybridized carbons (Fsp3) is 0.333. The van der Waals surface area contributed by atoms with Crippen LogP contribution >= 0.6 is 11.3 Å². The highest BCUT2D eigenvalue weighted by Gasteiger charge is 2.35. The molecule has 0 saturated heterocycles. The molecule has 31 heavy (non-hydrogen) atoms. The first kappa shape index (κ1) is 21.1. The topological polar surface area (TPSA) is 88.3 Å². The Hall–Kier alpha value is -3.14. The quantitative estimate of drug-likeness (QED) is 0.665. The maximum Gasteiger partial charge on any atom is 0.275 e. The SMILES string of the molecule is CC(C)N1C(=O)c2c(O)c(=O)c(-c3nnc(Cc4ccc(F)cc4F)s3)cn2C[C@H]1C. The molecule has 0 spiro atoms. The largest absolute Gasteiger partial charge is 0.503 e. The molecule has 2 aromatic heterocycles. The van der Waals surface area contributed by atoms with E-state index in [-0.39, 0.29) is 40.3 Å². The van der Waals surface area contributed by atoms with Gasteiger partial charge in [0.25, 0.3) is 5.91 Å². The number of aromatic hydroxyl groups is 1. The number of fused-ring (bicyclic) bond motifs is 1. The van der Waals surface area contributed by atoms with Gasteiger partial charge in [0.1, 0.15) is 16.6 Å². The van der Waals surface area contributed by atoms with Crippen LogP contribution in [0.4, 0.5) is 8.78 Å². The monoisotopic (exact) mass is 446 g/mol. The van der Waals surface area contributed by atoms with Crippen molar-refractivity contribution in [1.29, 1.82) is 0 Å². The first-order valence-electron chi connectivity index (χ1n) is 9.73. The molecular formula is C21H20F2N4O3S. The van der Waals surface area contributed by atoms with Crippen LogP contribution in [0.25, 0.3) is 10.6 Å². The van der Waals surface area contributed by atoms with Crippen molar-refractivity contribution in [2.45, 2.75) is 45.8 Å². The van der Waals surface area contributed by atoms with Gasteiger partial charge in [0.2, 0.25) is 5.43 Å². The Balaban J connectivity index is 1.71. The first-order valence-corrected chi connectivity index (χ1v) is 10.5. The first-order chi connectivity index (χ1) is 14.7. The average molecular weight is 446 g/mol. The van der Waals surface area contributed by atoms with Gasteiger partial charge < -0.3 is 14.6 Å². The zero-order chi connectivity index (χ0) is 22.4. The minimum atomic E-state index is -0.714. The Labute approximate surface area is 180 Å². The molecule has 7 nitrogen and oxygen atoms in total. The number of carbonyl (C=O) groups excluding carboxylic acids is 1. The van der Waals surface area contributed by atoms with Gasteiger partial charge in [-0.2, -0.15) is 0 Å². The van der Waals surface area contributed by atoms with E-state index in [1.807, 2.05) is 20.8 Å². The van der Waals surface area contributed by atoms with Crippen molar-refractivity contribution in [2.75, 3.05) is 0 Å². The van der Waals surface area contributed by atoms with Crippen molar-refractivity contribution < 1.29 is 18.7 Å². The molecule has 1 aliphatic heterocycles. The molecule has 4 rings (SSSR count). The molecule has 1 aromatic carbocycles. The van der Waals surface area contributed by atoms with Crippen molar-refractivity contribution >= 4 is 17.2 Å². The highest BCUT2D eigenvalue weighted by Crippen LogP contribution is 2.30. The Morgan fingerprint density at radius 2 is 2.00 bits per heavy atom. The van der Waals surface area contributed by atoms with Crippen LogP contribution in [-0.2, 0) is 13.0 Å². The van der Waals surface area contributed by atoms with E-state index in [2.05, 4.69) is 10.2 Å². The van der Waals surface area contributed by atoms with Crippen LogP contribution in [0.3, 0.4) is 0 Å². The van der Waals surface area contributed by atoms with Crippen LogP contribution in [0.5, 0.6) is 5.75 Å². The molecule has 3 heterocycles. The number of aromatic nitrogens is 3. The molecule has 0 aliphatic carbocycles. The second-order valence-corrected chi connectivity index (χ2v) is 8.85. The summed E-state index contributed by atoms with van der Waals surface area (Å²) < 4.78 is 28.6. The predicted molar refractivity (Wildman–Crippen MR) is 111 cm³/mol. The predicted octanol–water partition coefficient (Wildman–Crippen LogP) is 3.19. The average Bonchev–Trinajstić information content (AvgIpc) is 3.14. The zero-order valence-corrected chi connectivity index (χ0v) is 17.9. The third kappa shape index (κ3) is 3.71. The smallest absolute Gasteiger partial charge is 0.275 e. The van der Waals surface area contributed by atoms with Crippen molar-refractivity contribution in [1.82, 2.24) is 19.7 Å². The molecule has 1 N–H and O–H groups in total. The summed E-state index contributed by atoms with van der Waals surface area (Å²) >= 11 is 1.07. The zero-order valence-electron chi connectivity index (χ0n) is 17.1. The fourth-order valence-corrected chi connectivity index (χ4v) is 4.74. The van der Waals surface area contributed by atoms with Crippen molar-refractivity contribution in [2.24, 2.45) is 0 Å². The molecule has 0 saturated carbocycles. The number of benzene rings is 1. The van der Waals surface area contributed by atoms with Gasteiger partial charge in [-0.15, -0.1) is 10.2 Å². The van der Waals surface area contributed by atoms with Gasteiger partial charge >= 0.3 is 0 Å². The summed E-state index contributed by atoms with van der Waals surface area (Å²) in [6.45, 7) is 6.06.